The van der Waals surface area contributed by atoms with Gasteiger partial charge in [0.2, 0.25) is 5.91 Å². The lowest BCUT2D eigenvalue weighted by molar-refractivity contribution is -0.137. The molecule has 2 aliphatic heterocycles. The molecule has 1 unspecified atom stereocenters. The van der Waals surface area contributed by atoms with Gasteiger partial charge in [-0.05, 0) is 29.9 Å². The monoisotopic (exact) mass is 326 g/mol. The molecule has 1 amide bonds. The predicted octanol–water partition coefficient (Wildman–Crippen LogP) is 2.56. The minimum absolute atomic E-state index is 0.0526. The number of hydrogen-bond acceptors (Lipinski definition) is 2. The van der Waals surface area contributed by atoms with Gasteiger partial charge in [0.1, 0.15) is 0 Å². The van der Waals surface area contributed by atoms with Gasteiger partial charge in [-0.25, -0.2) is 0 Å². The van der Waals surface area contributed by atoms with Crippen LogP contribution in [0.15, 0.2) is 24.3 Å². The van der Waals surface area contributed by atoms with Gasteiger partial charge in [-0.15, -0.1) is 0 Å². The van der Waals surface area contributed by atoms with Crippen molar-refractivity contribution in [3.8, 4) is 0 Å². The van der Waals surface area contributed by atoms with Crippen LogP contribution in [0.4, 0.5) is 13.2 Å². The number of fused-ring (bicyclic) bond motifs is 1. The summed E-state index contributed by atoms with van der Waals surface area (Å²) in [6.45, 7) is 5.24. The Morgan fingerprint density at radius 2 is 1.96 bits per heavy atom. The molecule has 0 saturated carbocycles. The summed E-state index contributed by atoms with van der Waals surface area (Å²) in [7, 11) is 0. The van der Waals surface area contributed by atoms with Crippen molar-refractivity contribution in [1.82, 2.24) is 10.2 Å². The molecule has 0 spiro atoms. The van der Waals surface area contributed by atoms with E-state index in [1.807, 2.05) is 4.90 Å². The molecule has 3 atom stereocenters. The lowest BCUT2D eigenvalue weighted by Crippen LogP contribution is -2.36. The van der Waals surface area contributed by atoms with E-state index >= 15 is 0 Å². The van der Waals surface area contributed by atoms with Gasteiger partial charge in [0.15, 0.2) is 0 Å². The highest BCUT2D eigenvalue weighted by Gasteiger charge is 2.39. The second kappa shape index (κ2) is 6.15. The summed E-state index contributed by atoms with van der Waals surface area (Å²) in [5, 5.41) is 3.33. The first-order valence-electron chi connectivity index (χ1n) is 8.00. The van der Waals surface area contributed by atoms with Crippen LogP contribution in [-0.4, -0.2) is 37.0 Å². The molecule has 0 bridgehead atoms. The van der Waals surface area contributed by atoms with Crippen molar-refractivity contribution < 1.29 is 18.0 Å². The zero-order valence-corrected chi connectivity index (χ0v) is 13.1. The van der Waals surface area contributed by atoms with Crippen LogP contribution in [0.5, 0.6) is 0 Å². The molecule has 2 heterocycles. The fourth-order valence-corrected chi connectivity index (χ4v) is 3.66. The van der Waals surface area contributed by atoms with E-state index in [0.29, 0.717) is 23.8 Å². The van der Waals surface area contributed by atoms with Crippen LogP contribution in [0.25, 0.3) is 0 Å². The molecule has 2 aliphatic rings. The summed E-state index contributed by atoms with van der Waals surface area (Å²) in [6, 6.07) is 5.26. The van der Waals surface area contributed by atoms with Crippen LogP contribution in [0, 0.1) is 17.8 Å². The molecular weight excluding hydrogens is 305 g/mol. The van der Waals surface area contributed by atoms with Crippen LogP contribution in [-0.2, 0) is 17.4 Å². The number of alkyl halides is 3. The second-order valence-electron chi connectivity index (χ2n) is 6.72. The molecule has 0 radical (unpaired) electrons. The summed E-state index contributed by atoms with van der Waals surface area (Å²) in [4.78, 5) is 14.4. The van der Waals surface area contributed by atoms with Crippen molar-refractivity contribution in [1.29, 1.82) is 0 Å². The Labute approximate surface area is 133 Å². The Hall–Kier alpha value is -1.56. The first-order chi connectivity index (χ1) is 10.8. The molecule has 6 heteroatoms. The van der Waals surface area contributed by atoms with E-state index in [1.165, 1.54) is 6.07 Å². The average molecular weight is 326 g/mol. The molecule has 126 valence electrons. The number of carbonyl (C=O) groups excluding carboxylic acids is 1. The topological polar surface area (TPSA) is 32.3 Å². The van der Waals surface area contributed by atoms with Crippen molar-refractivity contribution in [2.45, 2.75) is 19.5 Å². The van der Waals surface area contributed by atoms with Gasteiger partial charge in [0.05, 0.1) is 5.56 Å². The second-order valence-corrected chi connectivity index (χ2v) is 6.72. The van der Waals surface area contributed by atoms with Gasteiger partial charge in [-0.3, -0.25) is 4.79 Å². The molecule has 0 aliphatic carbocycles. The van der Waals surface area contributed by atoms with E-state index in [4.69, 9.17) is 0 Å². The number of nitrogens with one attached hydrogen (secondary N) is 1. The largest absolute Gasteiger partial charge is 0.416 e. The number of rotatable bonds is 3. The number of likely N-dealkylation sites (tertiary alicyclic amines) is 1. The highest BCUT2D eigenvalue weighted by molar-refractivity contribution is 5.79. The van der Waals surface area contributed by atoms with Crippen LogP contribution < -0.4 is 5.32 Å². The first kappa shape index (κ1) is 16.3. The molecule has 1 aromatic rings. The van der Waals surface area contributed by atoms with Crippen molar-refractivity contribution in [3.05, 3.63) is 35.4 Å². The molecular formula is C17H21F3N2O. The van der Waals surface area contributed by atoms with E-state index < -0.39 is 11.7 Å². The fourth-order valence-electron chi connectivity index (χ4n) is 3.66. The highest BCUT2D eigenvalue weighted by atomic mass is 19.4. The summed E-state index contributed by atoms with van der Waals surface area (Å²) >= 11 is 0. The van der Waals surface area contributed by atoms with Gasteiger partial charge in [-0.1, -0.05) is 25.1 Å². The third kappa shape index (κ3) is 3.52. The maximum atomic E-state index is 12.8. The Balaban J connectivity index is 1.63. The number of benzene rings is 1. The molecule has 1 N–H and O–H groups in total. The zero-order valence-electron chi connectivity index (χ0n) is 13.1. The molecule has 2 fully saturated rings. The molecule has 3 rings (SSSR count). The summed E-state index contributed by atoms with van der Waals surface area (Å²) in [5.41, 5.74) is -0.0989. The number of carbonyl (C=O) groups is 1. The van der Waals surface area contributed by atoms with E-state index in [0.717, 1.165) is 38.3 Å². The average Bonchev–Trinajstić information content (AvgIpc) is 3.07. The third-order valence-corrected chi connectivity index (χ3v) is 4.92. The van der Waals surface area contributed by atoms with Gasteiger partial charge in [-0.2, -0.15) is 13.2 Å². The zero-order chi connectivity index (χ0) is 16.6. The summed E-state index contributed by atoms with van der Waals surface area (Å²) in [5.74, 6) is 0.807. The SMILES string of the molecule is CC(Cc1cccc(C(F)(F)F)c1)C(=O)N1C[C@H]2CNC[C@H]2C1. The Kier molecular flexibility index (Phi) is 4.36. The van der Waals surface area contributed by atoms with Crippen LogP contribution >= 0.6 is 0 Å². The lowest BCUT2D eigenvalue weighted by Gasteiger charge is -2.22. The van der Waals surface area contributed by atoms with Crippen molar-refractivity contribution >= 4 is 5.91 Å². The molecule has 23 heavy (non-hydrogen) atoms. The van der Waals surface area contributed by atoms with Crippen LogP contribution in [0.1, 0.15) is 18.1 Å². The molecule has 0 aromatic heterocycles. The van der Waals surface area contributed by atoms with Crippen molar-refractivity contribution in [2.75, 3.05) is 26.2 Å². The van der Waals surface area contributed by atoms with E-state index in [-0.39, 0.29) is 11.8 Å². The predicted molar refractivity (Wildman–Crippen MR) is 80.7 cm³/mol. The maximum Gasteiger partial charge on any atom is 0.416 e. The van der Waals surface area contributed by atoms with Crippen molar-refractivity contribution in [3.63, 3.8) is 0 Å². The number of nitrogens with zero attached hydrogens (tertiary/aromatic N) is 1. The molecule has 1 aromatic carbocycles. The maximum absolute atomic E-state index is 12.8. The Bertz CT molecular complexity index is 575. The first-order valence-corrected chi connectivity index (χ1v) is 8.00. The highest BCUT2D eigenvalue weighted by Crippen LogP contribution is 2.31. The fraction of sp³-hybridized carbons (Fsp3) is 0.588. The van der Waals surface area contributed by atoms with Gasteiger partial charge >= 0.3 is 6.18 Å². The minimum atomic E-state index is -4.34. The Morgan fingerprint density at radius 3 is 2.57 bits per heavy atom. The van der Waals surface area contributed by atoms with Gasteiger partial charge < -0.3 is 10.2 Å². The smallest absolute Gasteiger partial charge is 0.342 e. The normalized spacial score (nSPS) is 25.5. The van der Waals surface area contributed by atoms with E-state index in [2.05, 4.69) is 5.32 Å². The van der Waals surface area contributed by atoms with Crippen molar-refractivity contribution in [2.24, 2.45) is 17.8 Å². The number of amides is 1. The minimum Gasteiger partial charge on any atom is -0.342 e. The lowest BCUT2D eigenvalue weighted by atomic mass is 9.98. The summed E-state index contributed by atoms with van der Waals surface area (Å²) < 4.78 is 38.3. The number of hydrogen-bond donors (Lipinski definition) is 1. The standard InChI is InChI=1S/C17H21F3N2O/c1-11(5-12-3-2-4-15(6-12)17(18,19)20)16(23)22-9-13-7-21-8-14(13)10-22/h2-4,6,11,13-14,21H,5,7-10H2,1H3/t11?,13-,14+. The third-order valence-electron chi connectivity index (χ3n) is 4.92. The number of halogens is 3. The summed E-state index contributed by atoms with van der Waals surface area (Å²) in [6.07, 6.45) is -4.00. The molecule has 2 saturated heterocycles. The van der Waals surface area contributed by atoms with Crippen LogP contribution in [0.2, 0.25) is 0 Å². The van der Waals surface area contributed by atoms with E-state index in [1.54, 1.807) is 13.0 Å². The quantitative estimate of drug-likeness (QED) is 0.926. The van der Waals surface area contributed by atoms with Gasteiger partial charge in [0.25, 0.3) is 0 Å². The molecule has 3 nitrogen and oxygen atoms in total. The van der Waals surface area contributed by atoms with Crippen LogP contribution in [0.3, 0.4) is 0 Å². The Morgan fingerprint density at radius 1 is 1.30 bits per heavy atom. The van der Waals surface area contributed by atoms with Gasteiger partial charge in [0, 0.05) is 32.1 Å². The van der Waals surface area contributed by atoms with E-state index in [9.17, 15) is 18.0 Å².